The molecule has 0 fully saturated rings. The molecule has 0 aromatic heterocycles. The van der Waals surface area contributed by atoms with E-state index in [0.29, 0.717) is 6.08 Å². The van der Waals surface area contributed by atoms with Crippen molar-refractivity contribution in [3.63, 3.8) is 0 Å². The maximum absolute atomic E-state index is 12.2. The third-order valence-electron chi connectivity index (χ3n) is 1.17. The van der Waals surface area contributed by atoms with Gasteiger partial charge in [-0.25, -0.2) is 18.0 Å². The van der Waals surface area contributed by atoms with E-state index in [1.165, 1.54) is 6.07 Å². The van der Waals surface area contributed by atoms with Crippen molar-refractivity contribution < 1.29 is 23.1 Å². The normalized spacial score (nSPS) is 13.9. The highest BCUT2D eigenvalue weighted by Gasteiger charge is 2.18. The second-order valence-electron chi connectivity index (χ2n) is 2.12. The molecule has 0 heterocycles. The lowest BCUT2D eigenvalue weighted by Gasteiger charge is -2.01. The lowest BCUT2D eigenvalue weighted by Crippen LogP contribution is -2.11. The first kappa shape index (κ1) is 11.5. The molecule has 0 saturated heterocycles. The minimum absolute atomic E-state index is 0.638. The predicted octanol–water partition coefficient (Wildman–Crippen LogP) is 1.51. The number of allylic oxidation sites excluding steroid dienone is 1. The maximum atomic E-state index is 12.2. The highest BCUT2D eigenvalue weighted by atomic mass is 19.3. The number of hydrogen-bond acceptors (Lipinski definition) is 2. The molecule has 0 aromatic carbocycles. The van der Waals surface area contributed by atoms with E-state index in [-0.39, 0.29) is 0 Å². The minimum atomic E-state index is -3.16. The van der Waals surface area contributed by atoms with E-state index in [1.807, 2.05) is 0 Å². The van der Waals surface area contributed by atoms with Crippen LogP contribution in [-0.2, 0) is 4.79 Å². The number of nitrogens with zero attached hydrogens (tertiary/aromatic N) is 1. The molecule has 0 aliphatic rings. The van der Waals surface area contributed by atoms with Crippen LogP contribution in [0.5, 0.6) is 0 Å². The van der Waals surface area contributed by atoms with Crippen LogP contribution in [0.25, 0.3) is 0 Å². The van der Waals surface area contributed by atoms with Gasteiger partial charge in [-0.15, -0.1) is 0 Å². The van der Waals surface area contributed by atoms with Crippen molar-refractivity contribution in [1.29, 1.82) is 5.26 Å². The Labute approximate surface area is 72.1 Å². The van der Waals surface area contributed by atoms with Crippen LogP contribution in [0.3, 0.4) is 0 Å². The Morgan fingerprint density at radius 2 is 2.08 bits per heavy atom. The van der Waals surface area contributed by atoms with E-state index < -0.39 is 30.6 Å². The van der Waals surface area contributed by atoms with E-state index in [1.54, 1.807) is 0 Å². The fourth-order valence-corrected chi connectivity index (χ4v) is 0.514. The number of alkyl halides is 3. The molecular formula is C7H6F3NO2. The molecule has 0 spiro atoms. The summed E-state index contributed by atoms with van der Waals surface area (Å²) in [6.45, 7) is 0. The van der Waals surface area contributed by atoms with Crippen molar-refractivity contribution in [2.75, 3.05) is 0 Å². The zero-order chi connectivity index (χ0) is 10.4. The van der Waals surface area contributed by atoms with E-state index in [4.69, 9.17) is 10.4 Å². The second kappa shape index (κ2) is 5.19. The first-order valence-corrected chi connectivity index (χ1v) is 3.24. The first-order valence-electron chi connectivity index (χ1n) is 3.24. The van der Waals surface area contributed by atoms with Crippen molar-refractivity contribution >= 4 is 5.97 Å². The van der Waals surface area contributed by atoms with Gasteiger partial charge in [-0.2, -0.15) is 5.26 Å². The zero-order valence-electron chi connectivity index (χ0n) is 6.38. The van der Waals surface area contributed by atoms with Crippen LogP contribution in [0, 0.1) is 11.3 Å². The molecule has 0 aliphatic heterocycles. The fraction of sp³-hybridized carbons (Fsp3) is 0.429. The van der Waals surface area contributed by atoms with Gasteiger partial charge in [0.1, 0.15) is 11.6 Å². The van der Waals surface area contributed by atoms with Crippen molar-refractivity contribution in [3.8, 4) is 6.07 Å². The van der Waals surface area contributed by atoms with Crippen LogP contribution >= 0.6 is 0 Å². The smallest absolute Gasteiger partial charge is 0.346 e. The molecule has 0 saturated carbocycles. The number of carboxylic acid groups (broad SMARTS) is 1. The highest BCUT2D eigenvalue weighted by molar-refractivity contribution is 5.90. The summed E-state index contributed by atoms with van der Waals surface area (Å²) in [7, 11) is 0. The lowest BCUT2D eigenvalue weighted by atomic mass is 10.2. The molecule has 1 atom stereocenters. The number of rotatable bonds is 4. The summed E-state index contributed by atoms with van der Waals surface area (Å²) in [6.07, 6.45) is -5.72. The van der Waals surface area contributed by atoms with E-state index in [2.05, 4.69) is 0 Å². The highest BCUT2D eigenvalue weighted by Crippen LogP contribution is 2.11. The quantitative estimate of drug-likeness (QED) is 0.543. The van der Waals surface area contributed by atoms with E-state index in [9.17, 15) is 18.0 Å². The van der Waals surface area contributed by atoms with E-state index in [0.717, 1.165) is 0 Å². The molecule has 0 bridgehead atoms. The van der Waals surface area contributed by atoms with Crippen molar-refractivity contribution in [1.82, 2.24) is 0 Å². The summed E-state index contributed by atoms with van der Waals surface area (Å²) in [5, 5.41) is 16.4. The second-order valence-corrected chi connectivity index (χ2v) is 2.12. The van der Waals surface area contributed by atoms with Gasteiger partial charge >= 0.3 is 5.97 Å². The average molecular weight is 193 g/mol. The lowest BCUT2D eigenvalue weighted by molar-refractivity contribution is -0.132. The van der Waals surface area contributed by atoms with Crippen molar-refractivity contribution in [2.45, 2.75) is 19.0 Å². The summed E-state index contributed by atoms with van der Waals surface area (Å²) < 4.78 is 35.3. The minimum Gasteiger partial charge on any atom is -0.477 e. The standard InChI is InChI=1S/C7H6F3NO2/c8-5(6(9)10)2-1-4(3-11)7(12)13/h1,5-6H,2H2,(H,12,13). The van der Waals surface area contributed by atoms with Crippen LogP contribution < -0.4 is 0 Å². The Balaban J connectivity index is 4.25. The molecule has 6 heteroatoms. The SMILES string of the molecule is N#CC(=CCC(F)C(F)F)C(=O)O. The molecule has 1 unspecified atom stereocenters. The summed E-state index contributed by atoms with van der Waals surface area (Å²) >= 11 is 0. The van der Waals surface area contributed by atoms with Gasteiger partial charge in [-0.05, 0) is 0 Å². The first-order chi connectivity index (χ1) is 5.99. The predicted molar refractivity (Wildman–Crippen MR) is 36.8 cm³/mol. The molecule has 0 aromatic rings. The topological polar surface area (TPSA) is 61.1 Å². The van der Waals surface area contributed by atoms with Crippen LogP contribution in [0.2, 0.25) is 0 Å². The van der Waals surface area contributed by atoms with Gasteiger partial charge in [0.25, 0.3) is 6.43 Å². The molecule has 0 aliphatic carbocycles. The van der Waals surface area contributed by atoms with Gasteiger partial charge in [-0.1, -0.05) is 6.08 Å². The number of halogens is 3. The molecular weight excluding hydrogens is 187 g/mol. The van der Waals surface area contributed by atoms with Gasteiger partial charge in [0, 0.05) is 6.42 Å². The van der Waals surface area contributed by atoms with Gasteiger partial charge in [-0.3, -0.25) is 0 Å². The Morgan fingerprint density at radius 1 is 1.54 bits per heavy atom. The van der Waals surface area contributed by atoms with Gasteiger partial charge in [0.2, 0.25) is 0 Å². The van der Waals surface area contributed by atoms with Gasteiger partial charge in [0.05, 0.1) is 0 Å². The maximum Gasteiger partial charge on any atom is 0.346 e. The van der Waals surface area contributed by atoms with Gasteiger partial charge in [0.15, 0.2) is 6.17 Å². The largest absolute Gasteiger partial charge is 0.477 e. The monoisotopic (exact) mass is 193 g/mol. The fourth-order valence-electron chi connectivity index (χ4n) is 0.514. The Morgan fingerprint density at radius 3 is 2.38 bits per heavy atom. The number of hydrogen-bond donors (Lipinski definition) is 1. The molecule has 0 rings (SSSR count). The molecule has 72 valence electrons. The summed E-state index contributed by atoms with van der Waals surface area (Å²) in [6, 6.07) is 1.25. The Bertz CT molecular complexity index is 257. The number of carboxylic acids is 1. The summed E-state index contributed by atoms with van der Waals surface area (Å²) in [5.41, 5.74) is -0.733. The van der Waals surface area contributed by atoms with Crippen LogP contribution in [0.1, 0.15) is 6.42 Å². The van der Waals surface area contributed by atoms with Crippen molar-refractivity contribution in [3.05, 3.63) is 11.6 Å². The molecule has 0 amide bonds. The molecule has 13 heavy (non-hydrogen) atoms. The average Bonchev–Trinajstić information content (AvgIpc) is 2.04. The third-order valence-corrected chi connectivity index (χ3v) is 1.17. The van der Waals surface area contributed by atoms with Gasteiger partial charge < -0.3 is 5.11 Å². The third kappa shape index (κ3) is 4.15. The molecule has 3 nitrogen and oxygen atoms in total. The van der Waals surface area contributed by atoms with Crippen LogP contribution in [-0.4, -0.2) is 23.7 Å². The summed E-state index contributed by atoms with van der Waals surface area (Å²) in [5.74, 6) is -1.55. The van der Waals surface area contributed by atoms with Crippen molar-refractivity contribution in [2.24, 2.45) is 0 Å². The van der Waals surface area contributed by atoms with E-state index >= 15 is 0 Å². The summed E-state index contributed by atoms with van der Waals surface area (Å²) in [4.78, 5) is 10.1. The zero-order valence-corrected chi connectivity index (χ0v) is 6.38. The van der Waals surface area contributed by atoms with Crippen LogP contribution in [0.4, 0.5) is 13.2 Å². The van der Waals surface area contributed by atoms with Crippen LogP contribution in [0.15, 0.2) is 11.6 Å². The molecule has 1 N–H and O–H groups in total. The number of nitriles is 1. The number of aliphatic carboxylic acids is 1. The Kier molecular flexibility index (Phi) is 4.59. The Hall–Kier alpha value is -1.51. The number of carbonyl (C=O) groups is 1. The molecule has 0 radical (unpaired) electrons.